The van der Waals surface area contributed by atoms with Crippen LogP contribution in [-0.4, -0.2) is 18.0 Å². The van der Waals surface area contributed by atoms with Crippen molar-refractivity contribution in [3.63, 3.8) is 0 Å². The third kappa shape index (κ3) is 2.30. The molecule has 0 fully saturated rings. The lowest BCUT2D eigenvalue weighted by atomic mass is 10.0. The number of hydrogen-bond donors (Lipinski definition) is 1. The number of aliphatic hydroxyl groups is 1. The zero-order valence-electron chi connectivity index (χ0n) is 11.4. The summed E-state index contributed by atoms with van der Waals surface area (Å²) in [5.74, 6) is -1.47. The summed E-state index contributed by atoms with van der Waals surface area (Å²) >= 11 is 0. The first kappa shape index (κ1) is 13.4. The molecule has 1 atom stereocenters. The molecule has 1 unspecified atom stereocenters. The molecule has 0 bridgehead atoms. The summed E-state index contributed by atoms with van der Waals surface area (Å²) in [6.07, 6.45) is 1.32. The summed E-state index contributed by atoms with van der Waals surface area (Å²) in [6, 6.07) is 15.8. The molecule has 3 rings (SSSR count). The molecule has 0 amide bonds. The second kappa shape index (κ2) is 5.07. The summed E-state index contributed by atoms with van der Waals surface area (Å²) in [5, 5.41) is 10.6. The summed E-state index contributed by atoms with van der Waals surface area (Å²) in [5.41, 5.74) is 1.12. The van der Waals surface area contributed by atoms with E-state index in [-0.39, 0.29) is 0 Å². The molecule has 0 aromatic heterocycles. The fourth-order valence-corrected chi connectivity index (χ4v) is 2.22. The third-order valence-electron chi connectivity index (χ3n) is 3.39. The van der Waals surface area contributed by atoms with Crippen LogP contribution in [0.5, 0.6) is 5.75 Å². The summed E-state index contributed by atoms with van der Waals surface area (Å²) in [6.45, 7) is 0. The van der Waals surface area contributed by atoms with Gasteiger partial charge < -0.3 is 14.6 Å². The van der Waals surface area contributed by atoms with Crippen LogP contribution in [0.3, 0.4) is 0 Å². The van der Waals surface area contributed by atoms with Crippen LogP contribution < -0.4 is 4.74 Å². The van der Waals surface area contributed by atoms with Crippen LogP contribution in [0.15, 0.2) is 60.7 Å². The van der Waals surface area contributed by atoms with E-state index in [1.54, 1.807) is 31.4 Å². The van der Waals surface area contributed by atoms with E-state index in [1.807, 2.05) is 30.3 Å². The highest BCUT2D eigenvalue weighted by Gasteiger charge is 2.45. The number of carbonyl (C=O) groups is 1. The van der Waals surface area contributed by atoms with E-state index in [1.165, 1.54) is 6.08 Å². The Hall–Kier alpha value is -2.59. The average molecular weight is 282 g/mol. The Bertz CT molecular complexity index is 688. The average Bonchev–Trinajstić information content (AvgIpc) is 2.85. The molecule has 1 aliphatic heterocycles. The third-order valence-corrected chi connectivity index (χ3v) is 3.39. The monoisotopic (exact) mass is 282 g/mol. The number of ketones is 1. The number of hydrogen-bond acceptors (Lipinski definition) is 4. The van der Waals surface area contributed by atoms with Crippen molar-refractivity contribution in [2.75, 3.05) is 7.11 Å². The Morgan fingerprint density at radius 2 is 1.71 bits per heavy atom. The van der Waals surface area contributed by atoms with Gasteiger partial charge in [0.1, 0.15) is 11.5 Å². The molecule has 4 heteroatoms. The SMILES string of the molecule is COc1ccc(C2(O)OC(c3ccccc3)=CC2=O)cc1. The van der Waals surface area contributed by atoms with Gasteiger partial charge in [0.05, 0.1) is 7.11 Å². The van der Waals surface area contributed by atoms with Crippen LogP contribution >= 0.6 is 0 Å². The van der Waals surface area contributed by atoms with Crippen molar-refractivity contribution in [3.05, 3.63) is 71.8 Å². The van der Waals surface area contributed by atoms with Crippen LogP contribution in [0, 0.1) is 0 Å². The van der Waals surface area contributed by atoms with Gasteiger partial charge in [0.15, 0.2) is 0 Å². The number of benzene rings is 2. The molecule has 0 spiro atoms. The molecule has 21 heavy (non-hydrogen) atoms. The minimum Gasteiger partial charge on any atom is -0.497 e. The standard InChI is InChI=1S/C17H14O4/c1-20-14-9-7-13(8-10-14)17(19)16(18)11-15(21-17)12-5-3-2-4-6-12/h2-11,19H,1H3. The van der Waals surface area contributed by atoms with Crippen LogP contribution in [-0.2, 0) is 15.3 Å². The molecule has 1 heterocycles. The molecule has 0 radical (unpaired) electrons. The second-order valence-corrected chi connectivity index (χ2v) is 4.71. The van der Waals surface area contributed by atoms with Crippen LogP contribution in [0.1, 0.15) is 11.1 Å². The van der Waals surface area contributed by atoms with Gasteiger partial charge in [0.25, 0.3) is 5.79 Å². The molecular formula is C17H14O4. The van der Waals surface area contributed by atoms with Gasteiger partial charge in [-0.2, -0.15) is 0 Å². The maximum atomic E-state index is 12.2. The maximum absolute atomic E-state index is 12.2. The number of methoxy groups -OCH3 is 1. The first-order valence-electron chi connectivity index (χ1n) is 6.51. The predicted octanol–water partition coefficient (Wildman–Crippen LogP) is 2.48. The number of rotatable bonds is 3. The van der Waals surface area contributed by atoms with Gasteiger partial charge in [0, 0.05) is 17.2 Å². The molecule has 106 valence electrons. The summed E-state index contributed by atoms with van der Waals surface area (Å²) < 4.78 is 10.6. The van der Waals surface area contributed by atoms with Gasteiger partial charge in [-0.3, -0.25) is 4.79 Å². The molecule has 1 N–H and O–H groups in total. The van der Waals surface area contributed by atoms with E-state index in [0.717, 1.165) is 5.56 Å². The Morgan fingerprint density at radius 1 is 1.05 bits per heavy atom. The number of ether oxygens (including phenoxy) is 2. The first-order chi connectivity index (χ1) is 10.1. The molecule has 4 nitrogen and oxygen atoms in total. The zero-order valence-corrected chi connectivity index (χ0v) is 11.4. The van der Waals surface area contributed by atoms with Crippen molar-refractivity contribution >= 4 is 11.5 Å². The van der Waals surface area contributed by atoms with Crippen molar-refractivity contribution < 1.29 is 19.4 Å². The minimum atomic E-state index is -1.97. The highest BCUT2D eigenvalue weighted by Crippen LogP contribution is 2.37. The topological polar surface area (TPSA) is 55.8 Å². The van der Waals surface area contributed by atoms with E-state index in [0.29, 0.717) is 17.1 Å². The molecular weight excluding hydrogens is 268 g/mol. The maximum Gasteiger partial charge on any atom is 0.299 e. The molecule has 2 aromatic carbocycles. The van der Waals surface area contributed by atoms with Gasteiger partial charge in [-0.1, -0.05) is 30.3 Å². The van der Waals surface area contributed by atoms with E-state index >= 15 is 0 Å². The van der Waals surface area contributed by atoms with Crippen LogP contribution in [0.25, 0.3) is 5.76 Å². The van der Waals surface area contributed by atoms with Gasteiger partial charge in [-0.05, 0) is 24.3 Å². The van der Waals surface area contributed by atoms with E-state index < -0.39 is 11.6 Å². The summed E-state index contributed by atoms with van der Waals surface area (Å²) in [7, 11) is 1.55. The van der Waals surface area contributed by atoms with Gasteiger partial charge in [-0.25, -0.2) is 0 Å². The van der Waals surface area contributed by atoms with Crippen molar-refractivity contribution in [2.24, 2.45) is 0 Å². The smallest absolute Gasteiger partial charge is 0.299 e. The fourth-order valence-electron chi connectivity index (χ4n) is 2.22. The van der Waals surface area contributed by atoms with Gasteiger partial charge >= 0.3 is 0 Å². The Morgan fingerprint density at radius 3 is 2.33 bits per heavy atom. The highest BCUT2D eigenvalue weighted by molar-refractivity contribution is 6.04. The van der Waals surface area contributed by atoms with Gasteiger partial charge in [0.2, 0.25) is 5.78 Å². The minimum absolute atomic E-state index is 0.360. The Labute approximate surface area is 122 Å². The first-order valence-corrected chi connectivity index (χ1v) is 6.51. The lowest BCUT2D eigenvalue weighted by Crippen LogP contribution is -2.32. The van der Waals surface area contributed by atoms with E-state index in [9.17, 15) is 9.90 Å². The van der Waals surface area contributed by atoms with Gasteiger partial charge in [-0.15, -0.1) is 0 Å². The van der Waals surface area contributed by atoms with Crippen molar-refractivity contribution in [2.45, 2.75) is 5.79 Å². The lowest BCUT2D eigenvalue weighted by Gasteiger charge is -2.22. The quantitative estimate of drug-likeness (QED) is 0.939. The molecule has 2 aromatic rings. The van der Waals surface area contributed by atoms with Crippen LogP contribution in [0.4, 0.5) is 0 Å². The Kier molecular flexibility index (Phi) is 3.23. The molecule has 0 saturated carbocycles. The lowest BCUT2D eigenvalue weighted by molar-refractivity contribution is -0.173. The highest BCUT2D eigenvalue weighted by atomic mass is 16.6. The van der Waals surface area contributed by atoms with Crippen molar-refractivity contribution in [3.8, 4) is 5.75 Å². The number of carbonyl (C=O) groups excluding carboxylic acids is 1. The Balaban J connectivity index is 1.92. The van der Waals surface area contributed by atoms with E-state index in [2.05, 4.69) is 0 Å². The summed E-state index contributed by atoms with van der Waals surface area (Å²) in [4.78, 5) is 12.2. The van der Waals surface area contributed by atoms with E-state index in [4.69, 9.17) is 9.47 Å². The zero-order chi connectivity index (χ0) is 14.9. The molecule has 1 aliphatic rings. The molecule has 0 aliphatic carbocycles. The van der Waals surface area contributed by atoms with Crippen LogP contribution in [0.2, 0.25) is 0 Å². The predicted molar refractivity (Wildman–Crippen MR) is 77.4 cm³/mol. The van der Waals surface area contributed by atoms with Crippen molar-refractivity contribution in [1.29, 1.82) is 0 Å². The van der Waals surface area contributed by atoms with Crippen molar-refractivity contribution in [1.82, 2.24) is 0 Å². The largest absolute Gasteiger partial charge is 0.497 e. The normalized spacial score (nSPS) is 20.9. The second-order valence-electron chi connectivity index (χ2n) is 4.71. The molecule has 0 saturated heterocycles. The fraction of sp³-hybridized carbons (Fsp3) is 0.118.